The molecule has 0 aliphatic carbocycles. The quantitative estimate of drug-likeness (QED) is 0.399. The van der Waals surface area contributed by atoms with Crippen molar-refractivity contribution < 1.29 is 23.4 Å². The van der Waals surface area contributed by atoms with Gasteiger partial charge in [-0.1, -0.05) is 30.2 Å². The molecule has 0 radical (unpaired) electrons. The van der Waals surface area contributed by atoms with Crippen molar-refractivity contribution >= 4 is 11.8 Å². The summed E-state index contributed by atoms with van der Waals surface area (Å²) in [4.78, 5) is 13.4. The van der Waals surface area contributed by atoms with E-state index in [1.807, 2.05) is 24.3 Å². The van der Waals surface area contributed by atoms with Crippen molar-refractivity contribution in [3.8, 4) is 28.7 Å². The predicted octanol–water partition coefficient (Wildman–Crippen LogP) is 5.02. The highest BCUT2D eigenvalue weighted by Gasteiger charge is 2.22. The maximum atomic E-state index is 13.8. The van der Waals surface area contributed by atoms with Gasteiger partial charge in [0.05, 0.1) is 6.26 Å². The van der Waals surface area contributed by atoms with Crippen molar-refractivity contribution in [1.29, 1.82) is 0 Å². The Morgan fingerprint density at radius 2 is 1.78 bits per heavy atom. The molecule has 0 unspecified atom stereocenters. The number of hydrogen-bond donors (Lipinski definition) is 1. The molecule has 2 aromatic heterocycles. The van der Waals surface area contributed by atoms with Gasteiger partial charge >= 0.3 is 5.97 Å². The minimum atomic E-state index is -1.11. The Morgan fingerprint density at radius 3 is 2.47 bits per heavy atom. The number of anilines is 1. The summed E-state index contributed by atoms with van der Waals surface area (Å²) < 4.78 is 24.7. The SMILES string of the molecule is O=C(O)c1occc1-c1ccc(C#Cc2ccc(N3CCC(Oc4ccccc4F)CC3)nn2)cc1. The van der Waals surface area contributed by atoms with Gasteiger partial charge in [0.25, 0.3) is 0 Å². The minimum absolute atomic E-state index is 0.0353. The van der Waals surface area contributed by atoms with E-state index in [-0.39, 0.29) is 17.7 Å². The lowest BCUT2D eigenvalue weighted by atomic mass is 10.0. The van der Waals surface area contributed by atoms with Gasteiger partial charge in [-0.25, -0.2) is 9.18 Å². The van der Waals surface area contributed by atoms with Crippen LogP contribution in [0.5, 0.6) is 5.75 Å². The maximum absolute atomic E-state index is 13.8. The number of hydrogen-bond acceptors (Lipinski definition) is 6. The third kappa shape index (κ3) is 5.20. The molecule has 180 valence electrons. The monoisotopic (exact) mass is 483 g/mol. The summed E-state index contributed by atoms with van der Waals surface area (Å²) in [5.41, 5.74) is 2.57. The summed E-state index contributed by atoms with van der Waals surface area (Å²) in [5, 5.41) is 17.8. The summed E-state index contributed by atoms with van der Waals surface area (Å²) in [6.07, 6.45) is 2.85. The second-order valence-electron chi connectivity index (χ2n) is 8.31. The van der Waals surface area contributed by atoms with E-state index in [2.05, 4.69) is 26.9 Å². The van der Waals surface area contributed by atoms with Crippen molar-refractivity contribution in [3.63, 3.8) is 0 Å². The topological polar surface area (TPSA) is 88.7 Å². The van der Waals surface area contributed by atoms with Gasteiger partial charge in [0, 0.05) is 37.1 Å². The first-order chi connectivity index (χ1) is 17.6. The molecule has 0 spiro atoms. The average Bonchev–Trinajstić information content (AvgIpc) is 3.41. The lowest BCUT2D eigenvalue weighted by Crippen LogP contribution is -2.38. The highest BCUT2D eigenvalue weighted by molar-refractivity contribution is 5.93. The number of carboxylic acids is 1. The normalized spacial score (nSPS) is 13.6. The molecule has 0 atom stereocenters. The summed E-state index contributed by atoms with van der Waals surface area (Å²) in [7, 11) is 0. The van der Waals surface area contributed by atoms with Gasteiger partial charge in [0.15, 0.2) is 17.4 Å². The number of furan rings is 1. The number of benzene rings is 2. The maximum Gasteiger partial charge on any atom is 0.372 e. The number of carboxylic acid groups (broad SMARTS) is 1. The second-order valence-corrected chi connectivity index (χ2v) is 8.31. The van der Waals surface area contributed by atoms with Crippen LogP contribution in [0.4, 0.5) is 10.2 Å². The Bertz CT molecular complexity index is 1410. The van der Waals surface area contributed by atoms with Crippen molar-refractivity contribution in [2.24, 2.45) is 0 Å². The molecular formula is C28H22FN3O4. The van der Waals surface area contributed by atoms with Crippen LogP contribution in [0.2, 0.25) is 0 Å². The second kappa shape index (κ2) is 10.3. The van der Waals surface area contributed by atoms with Gasteiger partial charge in [-0.05, 0) is 53.9 Å². The number of aromatic nitrogens is 2. The number of rotatable bonds is 5. The highest BCUT2D eigenvalue weighted by Crippen LogP contribution is 2.26. The fraction of sp³-hybridized carbons (Fsp3) is 0.179. The summed E-state index contributed by atoms with van der Waals surface area (Å²) in [6.45, 7) is 1.48. The number of carbonyl (C=O) groups is 1. The molecule has 8 heteroatoms. The third-order valence-corrected chi connectivity index (χ3v) is 5.94. The van der Waals surface area contributed by atoms with Crippen LogP contribution in [-0.4, -0.2) is 40.5 Å². The lowest BCUT2D eigenvalue weighted by molar-refractivity contribution is 0.0663. The van der Waals surface area contributed by atoms with Gasteiger partial charge < -0.3 is 19.2 Å². The fourth-order valence-electron chi connectivity index (χ4n) is 4.05. The third-order valence-electron chi connectivity index (χ3n) is 5.94. The lowest BCUT2D eigenvalue weighted by Gasteiger charge is -2.32. The molecule has 2 aromatic carbocycles. The Balaban J connectivity index is 1.18. The average molecular weight is 483 g/mol. The molecule has 1 N–H and O–H groups in total. The van der Waals surface area contributed by atoms with Crippen LogP contribution < -0.4 is 9.64 Å². The van der Waals surface area contributed by atoms with Gasteiger partial charge in [-0.2, -0.15) is 0 Å². The van der Waals surface area contributed by atoms with Crippen LogP contribution in [-0.2, 0) is 0 Å². The molecule has 0 saturated carbocycles. The smallest absolute Gasteiger partial charge is 0.372 e. The molecular weight excluding hydrogens is 461 g/mol. The van der Waals surface area contributed by atoms with Gasteiger partial charge in [0.2, 0.25) is 5.76 Å². The van der Waals surface area contributed by atoms with E-state index in [0.717, 1.165) is 42.9 Å². The van der Waals surface area contributed by atoms with Crippen LogP contribution in [0.15, 0.2) is 77.4 Å². The Morgan fingerprint density at radius 1 is 1.00 bits per heavy atom. The number of aromatic carboxylic acids is 1. The van der Waals surface area contributed by atoms with E-state index in [9.17, 15) is 14.3 Å². The number of ether oxygens (including phenoxy) is 1. The number of halogens is 1. The molecule has 1 fully saturated rings. The zero-order valence-electron chi connectivity index (χ0n) is 19.2. The molecule has 3 heterocycles. The van der Waals surface area contributed by atoms with Crippen molar-refractivity contribution in [3.05, 3.63) is 95.8 Å². The van der Waals surface area contributed by atoms with Crippen LogP contribution in [0, 0.1) is 17.7 Å². The summed E-state index contributed by atoms with van der Waals surface area (Å²) in [6, 6.07) is 19.0. The number of piperidine rings is 1. The van der Waals surface area contributed by atoms with E-state index in [0.29, 0.717) is 17.0 Å². The van der Waals surface area contributed by atoms with Crippen molar-refractivity contribution in [1.82, 2.24) is 10.2 Å². The molecule has 36 heavy (non-hydrogen) atoms. The van der Waals surface area contributed by atoms with Gasteiger partial charge in [-0.15, -0.1) is 10.2 Å². The van der Waals surface area contributed by atoms with Crippen LogP contribution in [0.3, 0.4) is 0 Å². The van der Waals surface area contributed by atoms with E-state index in [4.69, 9.17) is 9.15 Å². The summed E-state index contributed by atoms with van der Waals surface area (Å²) >= 11 is 0. The minimum Gasteiger partial charge on any atom is -0.487 e. The zero-order chi connectivity index (χ0) is 24.9. The molecule has 0 bridgehead atoms. The van der Waals surface area contributed by atoms with Crippen LogP contribution in [0.1, 0.15) is 34.7 Å². The summed E-state index contributed by atoms with van der Waals surface area (Å²) in [5.74, 6) is 5.57. The van der Waals surface area contributed by atoms with E-state index in [1.165, 1.54) is 12.3 Å². The molecule has 5 rings (SSSR count). The first kappa shape index (κ1) is 23.1. The van der Waals surface area contributed by atoms with Crippen molar-refractivity contribution in [2.45, 2.75) is 18.9 Å². The van der Waals surface area contributed by atoms with Crippen LogP contribution in [0.25, 0.3) is 11.1 Å². The van der Waals surface area contributed by atoms with Gasteiger partial charge in [-0.3, -0.25) is 0 Å². The molecule has 0 amide bonds. The number of para-hydroxylation sites is 1. The number of nitrogens with zero attached hydrogens (tertiary/aromatic N) is 3. The molecule has 1 aliphatic heterocycles. The first-order valence-electron chi connectivity index (χ1n) is 11.5. The van der Waals surface area contributed by atoms with Crippen molar-refractivity contribution in [2.75, 3.05) is 18.0 Å². The first-order valence-corrected chi connectivity index (χ1v) is 11.5. The zero-order valence-corrected chi connectivity index (χ0v) is 19.2. The molecule has 1 saturated heterocycles. The van der Waals surface area contributed by atoms with E-state index < -0.39 is 5.97 Å². The molecule has 4 aromatic rings. The van der Waals surface area contributed by atoms with Crippen LogP contribution >= 0.6 is 0 Å². The Hall–Kier alpha value is -4.64. The largest absolute Gasteiger partial charge is 0.487 e. The fourth-order valence-corrected chi connectivity index (χ4v) is 4.05. The van der Waals surface area contributed by atoms with E-state index in [1.54, 1.807) is 36.4 Å². The Kier molecular flexibility index (Phi) is 6.63. The Labute approximate surface area is 207 Å². The van der Waals surface area contributed by atoms with E-state index >= 15 is 0 Å². The van der Waals surface area contributed by atoms with Gasteiger partial charge in [0.1, 0.15) is 11.8 Å². The predicted molar refractivity (Wildman–Crippen MR) is 131 cm³/mol. The molecule has 1 aliphatic rings. The highest BCUT2D eigenvalue weighted by atomic mass is 19.1. The standard InChI is InChI=1S/C28H22FN3O4/c29-24-3-1-2-4-25(24)36-22-13-16-32(17-14-22)26-12-11-21(30-31-26)10-7-19-5-8-20(9-6-19)23-15-18-35-27(23)28(33)34/h1-6,8-9,11-12,15,18,22H,13-14,16-17H2,(H,33,34). The molecule has 7 nitrogen and oxygen atoms in total.